The van der Waals surface area contributed by atoms with E-state index in [4.69, 9.17) is 17.3 Å². The van der Waals surface area contributed by atoms with Gasteiger partial charge in [-0.3, -0.25) is 0 Å². The van der Waals surface area contributed by atoms with Crippen LogP contribution in [-0.4, -0.2) is 6.04 Å². The molecule has 2 unspecified atom stereocenters. The van der Waals surface area contributed by atoms with E-state index in [1.165, 1.54) is 5.56 Å². The van der Waals surface area contributed by atoms with E-state index in [0.29, 0.717) is 0 Å². The first-order chi connectivity index (χ1) is 9.08. The third-order valence-electron chi connectivity index (χ3n) is 2.75. The molecule has 19 heavy (non-hydrogen) atoms. The average molecular weight is 357 g/mol. The van der Waals surface area contributed by atoms with Gasteiger partial charge in [0.2, 0.25) is 0 Å². The highest BCUT2D eigenvalue weighted by Crippen LogP contribution is 2.40. The molecule has 0 saturated carbocycles. The fraction of sp³-hybridized carbons (Fsp3) is 0.200. The van der Waals surface area contributed by atoms with E-state index >= 15 is 0 Å². The molecule has 2 rings (SSSR count). The lowest BCUT2D eigenvalue weighted by Gasteiger charge is -2.22. The molecule has 0 heterocycles. The summed E-state index contributed by atoms with van der Waals surface area (Å²) < 4.78 is 1.09. The summed E-state index contributed by atoms with van der Waals surface area (Å²) in [6, 6.07) is 16.1. The first-order valence-corrected chi connectivity index (χ1v) is 8.05. The fourth-order valence-corrected chi connectivity index (χ4v) is 3.98. The molecule has 2 N–H and O–H groups in total. The van der Waals surface area contributed by atoms with Gasteiger partial charge in [0.25, 0.3) is 0 Å². The minimum atomic E-state index is 0.0441. The Morgan fingerprint density at radius 3 is 2.53 bits per heavy atom. The zero-order valence-electron chi connectivity index (χ0n) is 10.5. The summed E-state index contributed by atoms with van der Waals surface area (Å²) in [5, 5.41) is 0.939. The molecule has 0 aliphatic heterocycles. The van der Waals surface area contributed by atoms with Crippen LogP contribution in [0.4, 0.5) is 0 Å². The molecule has 2 aromatic rings. The quantitative estimate of drug-likeness (QED) is 0.754. The number of hydrogen-bond acceptors (Lipinski definition) is 2. The molecular formula is C15H15BrClNS. The van der Waals surface area contributed by atoms with E-state index in [1.54, 1.807) is 11.8 Å². The van der Waals surface area contributed by atoms with Gasteiger partial charge in [-0.2, -0.15) is 0 Å². The molecule has 0 aliphatic rings. The Hall–Kier alpha value is -0.480. The van der Waals surface area contributed by atoms with E-state index in [0.717, 1.165) is 14.4 Å². The van der Waals surface area contributed by atoms with Gasteiger partial charge in [-0.1, -0.05) is 51.8 Å². The SMILES string of the molecule is CC(N)C(Sc1cccc(Cl)c1)c1ccccc1Br. The van der Waals surface area contributed by atoms with Crippen molar-refractivity contribution >= 4 is 39.3 Å². The van der Waals surface area contributed by atoms with Crippen LogP contribution >= 0.6 is 39.3 Å². The average Bonchev–Trinajstić information content (AvgIpc) is 2.37. The molecule has 0 aromatic heterocycles. The zero-order valence-corrected chi connectivity index (χ0v) is 13.7. The smallest absolute Gasteiger partial charge is 0.0504 e. The van der Waals surface area contributed by atoms with Crippen molar-refractivity contribution in [2.75, 3.05) is 0 Å². The summed E-state index contributed by atoms with van der Waals surface area (Å²) in [6.45, 7) is 2.03. The minimum Gasteiger partial charge on any atom is -0.327 e. The zero-order chi connectivity index (χ0) is 13.8. The maximum atomic E-state index is 6.15. The van der Waals surface area contributed by atoms with Gasteiger partial charge in [0, 0.05) is 20.4 Å². The third-order valence-corrected chi connectivity index (χ3v) is 5.17. The largest absolute Gasteiger partial charge is 0.327 e. The summed E-state index contributed by atoms with van der Waals surface area (Å²) in [5.41, 5.74) is 7.36. The minimum absolute atomic E-state index is 0.0441. The van der Waals surface area contributed by atoms with Crippen LogP contribution < -0.4 is 5.73 Å². The van der Waals surface area contributed by atoms with Crippen LogP contribution in [0.15, 0.2) is 57.9 Å². The van der Waals surface area contributed by atoms with Crippen molar-refractivity contribution in [2.24, 2.45) is 5.73 Å². The molecule has 4 heteroatoms. The molecule has 0 bridgehead atoms. The lowest BCUT2D eigenvalue weighted by Crippen LogP contribution is -2.22. The van der Waals surface area contributed by atoms with E-state index in [-0.39, 0.29) is 11.3 Å². The van der Waals surface area contributed by atoms with Crippen molar-refractivity contribution in [3.8, 4) is 0 Å². The molecule has 0 spiro atoms. The van der Waals surface area contributed by atoms with Crippen molar-refractivity contribution in [2.45, 2.75) is 23.1 Å². The van der Waals surface area contributed by atoms with Crippen LogP contribution in [0.3, 0.4) is 0 Å². The van der Waals surface area contributed by atoms with Crippen molar-refractivity contribution in [1.82, 2.24) is 0 Å². The lowest BCUT2D eigenvalue weighted by atomic mass is 10.1. The Morgan fingerprint density at radius 1 is 1.16 bits per heavy atom. The highest BCUT2D eigenvalue weighted by molar-refractivity contribution is 9.10. The highest BCUT2D eigenvalue weighted by atomic mass is 79.9. The number of thioether (sulfide) groups is 1. The van der Waals surface area contributed by atoms with Crippen LogP contribution in [0.5, 0.6) is 0 Å². The Labute approximate surface area is 131 Å². The Kier molecular flexibility index (Phi) is 5.34. The number of hydrogen-bond donors (Lipinski definition) is 1. The summed E-state index contributed by atoms with van der Waals surface area (Å²) in [7, 11) is 0. The first-order valence-electron chi connectivity index (χ1n) is 6.00. The molecule has 0 fully saturated rings. The molecule has 1 nitrogen and oxygen atoms in total. The fourth-order valence-electron chi connectivity index (χ4n) is 1.85. The molecule has 0 amide bonds. The molecule has 2 atom stereocenters. The maximum absolute atomic E-state index is 6.15. The predicted octanol–water partition coefficient (Wildman–Crippen LogP) is 5.28. The number of nitrogens with two attached hydrogens (primary N) is 1. The van der Waals surface area contributed by atoms with Crippen LogP contribution in [0, 0.1) is 0 Å². The molecule has 0 saturated heterocycles. The van der Waals surface area contributed by atoms with Gasteiger partial charge in [0.05, 0.1) is 5.25 Å². The summed E-state index contributed by atoms with van der Waals surface area (Å²) >= 11 is 11.4. The van der Waals surface area contributed by atoms with Crippen molar-refractivity contribution < 1.29 is 0 Å². The Morgan fingerprint density at radius 2 is 1.89 bits per heavy atom. The van der Waals surface area contributed by atoms with Crippen molar-refractivity contribution in [1.29, 1.82) is 0 Å². The van der Waals surface area contributed by atoms with Gasteiger partial charge in [0.15, 0.2) is 0 Å². The van der Waals surface area contributed by atoms with Crippen LogP contribution in [0.2, 0.25) is 5.02 Å². The topological polar surface area (TPSA) is 26.0 Å². The Bertz CT molecular complexity index is 559. The van der Waals surface area contributed by atoms with Gasteiger partial charge in [-0.15, -0.1) is 11.8 Å². The monoisotopic (exact) mass is 355 g/mol. The third kappa shape index (κ3) is 3.99. The van der Waals surface area contributed by atoms with Crippen LogP contribution in [0.1, 0.15) is 17.7 Å². The lowest BCUT2D eigenvalue weighted by molar-refractivity contribution is 0.719. The number of halogens is 2. The molecular weight excluding hydrogens is 342 g/mol. The van der Waals surface area contributed by atoms with E-state index in [2.05, 4.69) is 28.1 Å². The summed E-state index contributed by atoms with van der Waals surface area (Å²) in [4.78, 5) is 1.13. The Balaban J connectivity index is 2.29. The highest BCUT2D eigenvalue weighted by Gasteiger charge is 2.19. The van der Waals surface area contributed by atoms with Crippen LogP contribution in [0.25, 0.3) is 0 Å². The standard InChI is InChI=1S/C15H15BrClNS/c1-10(18)15(13-7-2-3-8-14(13)16)19-12-6-4-5-11(17)9-12/h2-10,15H,18H2,1H3. The second kappa shape index (κ2) is 6.80. The van der Waals surface area contributed by atoms with E-state index < -0.39 is 0 Å². The first kappa shape index (κ1) is 14.9. The number of rotatable bonds is 4. The molecule has 0 radical (unpaired) electrons. The van der Waals surface area contributed by atoms with E-state index in [1.807, 2.05) is 43.3 Å². The molecule has 0 aliphatic carbocycles. The number of benzene rings is 2. The summed E-state index contributed by atoms with van der Waals surface area (Å²) in [5.74, 6) is 0. The van der Waals surface area contributed by atoms with Crippen molar-refractivity contribution in [3.05, 3.63) is 63.6 Å². The van der Waals surface area contributed by atoms with Gasteiger partial charge < -0.3 is 5.73 Å². The van der Waals surface area contributed by atoms with Gasteiger partial charge in [-0.25, -0.2) is 0 Å². The summed E-state index contributed by atoms with van der Waals surface area (Å²) in [6.07, 6.45) is 0. The molecule has 2 aromatic carbocycles. The van der Waals surface area contributed by atoms with Gasteiger partial charge >= 0.3 is 0 Å². The van der Waals surface area contributed by atoms with Gasteiger partial charge in [-0.05, 0) is 36.8 Å². The van der Waals surface area contributed by atoms with Crippen LogP contribution in [-0.2, 0) is 0 Å². The molecule has 100 valence electrons. The second-order valence-corrected chi connectivity index (χ2v) is 6.88. The second-order valence-electron chi connectivity index (χ2n) is 4.38. The predicted molar refractivity (Wildman–Crippen MR) is 87.8 cm³/mol. The van der Waals surface area contributed by atoms with Gasteiger partial charge in [0.1, 0.15) is 0 Å². The van der Waals surface area contributed by atoms with Crippen molar-refractivity contribution in [3.63, 3.8) is 0 Å². The van der Waals surface area contributed by atoms with E-state index in [9.17, 15) is 0 Å². The normalized spacial score (nSPS) is 14.1. The maximum Gasteiger partial charge on any atom is 0.0504 e.